The SMILES string of the molecule is O=C(COc1ccc(Cl)cc1)Nc1ccc(N2CCCc3ccccc32)cn1. The number of aromatic nitrogens is 1. The molecule has 1 aliphatic rings. The maximum absolute atomic E-state index is 12.1. The number of fused-ring (bicyclic) bond motifs is 1. The van der Waals surface area contributed by atoms with Gasteiger partial charge in [0.15, 0.2) is 6.61 Å². The number of rotatable bonds is 5. The molecule has 4 rings (SSSR count). The molecule has 0 bridgehead atoms. The Hall–Kier alpha value is -3.05. The number of carbonyl (C=O) groups excluding carboxylic acids is 1. The highest BCUT2D eigenvalue weighted by Gasteiger charge is 2.18. The van der Waals surface area contributed by atoms with Crippen molar-refractivity contribution in [3.05, 3.63) is 77.4 Å². The molecule has 28 heavy (non-hydrogen) atoms. The number of halogens is 1. The van der Waals surface area contributed by atoms with Crippen LogP contribution in [0.3, 0.4) is 0 Å². The molecule has 0 saturated carbocycles. The van der Waals surface area contributed by atoms with Gasteiger partial charge in [-0.05, 0) is 60.9 Å². The maximum Gasteiger partial charge on any atom is 0.263 e. The van der Waals surface area contributed by atoms with Gasteiger partial charge in [0.2, 0.25) is 0 Å². The number of pyridine rings is 1. The van der Waals surface area contributed by atoms with Crippen LogP contribution in [0.1, 0.15) is 12.0 Å². The fourth-order valence-corrected chi connectivity index (χ4v) is 3.41. The number of anilines is 3. The van der Waals surface area contributed by atoms with Gasteiger partial charge in [0.05, 0.1) is 11.9 Å². The maximum atomic E-state index is 12.1. The molecule has 1 aliphatic heterocycles. The molecule has 3 aromatic rings. The molecule has 0 fully saturated rings. The number of hydrogen-bond donors (Lipinski definition) is 1. The van der Waals surface area contributed by atoms with Crippen LogP contribution >= 0.6 is 11.6 Å². The smallest absolute Gasteiger partial charge is 0.263 e. The highest BCUT2D eigenvalue weighted by atomic mass is 35.5. The third-order valence-electron chi connectivity index (χ3n) is 4.62. The van der Waals surface area contributed by atoms with Crippen LogP contribution in [0.4, 0.5) is 17.2 Å². The van der Waals surface area contributed by atoms with E-state index in [-0.39, 0.29) is 12.5 Å². The van der Waals surface area contributed by atoms with E-state index < -0.39 is 0 Å². The van der Waals surface area contributed by atoms with Crippen molar-refractivity contribution in [2.45, 2.75) is 12.8 Å². The van der Waals surface area contributed by atoms with Crippen LogP contribution in [-0.4, -0.2) is 24.0 Å². The van der Waals surface area contributed by atoms with Crippen LogP contribution in [0.15, 0.2) is 66.9 Å². The van der Waals surface area contributed by atoms with Gasteiger partial charge < -0.3 is 15.0 Å². The molecular formula is C22H20ClN3O2. The number of aryl methyl sites for hydroxylation is 1. The molecule has 0 atom stereocenters. The first-order valence-corrected chi connectivity index (χ1v) is 9.56. The zero-order valence-electron chi connectivity index (χ0n) is 15.3. The first-order valence-electron chi connectivity index (χ1n) is 9.19. The van der Waals surface area contributed by atoms with Crippen molar-refractivity contribution in [1.82, 2.24) is 4.98 Å². The number of carbonyl (C=O) groups is 1. The lowest BCUT2D eigenvalue weighted by molar-refractivity contribution is -0.118. The van der Waals surface area contributed by atoms with Gasteiger partial charge >= 0.3 is 0 Å². The van der Waals surface area contributed by atoms with Crippen molar-refractivity contribution in [3.8, 4) is 5.75 Å². The lowest BCUT2D eigenvalue weighted by atomic mass is 10.0. The fraction of sp³-hybridized carbons (Fsp3) is 0.182. The molecule has 2 aromatic carbocycles. The van der Waals surface area contributed by atoms with Crippen LogP contribution in [-0.2, 0) is 11.2 Å². The minimum atomic E-state index is -0.265. The molecular weight excluding hydrogens is 374 g/mol. The average Bonchev–Trinajstić information content (AvgIpc) is 2.73. The van der Waals surface area contributed by atoms with Gasteiger partial charge in [-0.1, -0.05) is 29.8 Å². The van der Waals surface area contributed by atoms with Crippen molar-refractivity contribution in [3.63, 3.8) is 0 Å². The van der Waals surface area contributed by atoms with Crippen LogP contribution in [0.5, 0.6) is 5.75 Å². The molecule has 5 nitrogen and oxygen atoms in total. The fourth-order valence-electron chi connectivity index (χ4n) is 3.28. The van der Waals surface area contributed by atoms with Gasteiger partial charge in [0.25, 0.3) is 5.91 Å². The number of ether oxygens (including phenoxy) is 1. The topological polar surface area (TPSA) is 54.5 Å². The highest BCUT2D eigenvalue weighted by Crippen LogP contribution is 2.33. The first-order chi connectivity index (χ1) is 13.7. The Kier molecular flexibility index (Phi) is 5.44. The first kappa shape index (κ1) is 18.3. The third-order valence-corrected chi connectivity index (χ3v) is 4.87. The quantitative estimate of drug-likeness (QED) is 0.674. The van der Waals surface area contributed by atoms with Crippen LogP contribution < -0.4 is 15.0 Å². The standard InChI is InChI=1S/C22H20ClN3O2/c23-17-7-10-19(11-8-17)28-15-22(27)25-21-12-9-18(14-24-21)26-13-3-5-16-4-1-2-6-20(16)26/h1-2,4,6-12,14H,3,5,13,15H2,(H,24,25,27). The molecule has 2 heterocycles. The van der Waals surface area contributed by atoms with Gasteiger partial charge in [-0.15, -0.1) is 0 Å². The summed E-state index contributed by atoms with van der Waals surface area (Å²) < 4.78 is 5.45. The number of amides is 1. The predicted molar refractivity (Wildman–Crippen MR) is 112 cm³/mol. The molecule has 1 amide bonds. The summed E-state index contributed by atoms with van der Waals surface area (Å²) in [6, 6.07) is 19.1. The van der Waals surface area contributed by atoms with E-state index in [9.17, 15) is 4.79 Å². The summed E-state index contributed by atoms with van der Waals surface area (Å²) in [5.74, 6) is 0.823. The number of benzene rings is 2. The zero-order chi connectivity index (χ0) is 19.3. The molecule has 0 unspecified atom stereocenters. The summed E-state index contributed by atoms with van der Waals surface area (Å²) in [5, 5.41) is 3.38. The summed E-state index contributed by atoms with van der Waals surface area (Å²) >= 11 is 5.83. The van der Waals surface area contributed by atoms with Crippen molar-refractivity contribution >= 4 is 34.7 Å². The summed E-state index contributed by atoms with van der Waals surface area (Å²) in [5.41, 5.74) is 3.59. The Morgan fingerprint density at radius 3 is 2.71 bits per heavy atom. The van der Waals surface area contributed by atoms with Crippen molar-refractivity contribution in [1.29, 1.82) is 0 Å². The Morgan fingerprint density at radius 2 is 1.93 bits per heavy atom. The minimum Gasteiger partial charge on any atom is -0.484 e. The van der Waals surface area contributed by atoms with E-state index in [1.54, 1.807) is 30.5 Å². The van der Waals surface area contributed by atoms with Crippen LogP contribution in [0, 0.1) is 0 Å². The van der Waals surface area contributed by atoms with E-state index >= 15 is 0 Å². The predicted octanol–water partition coefficient (Wildman–Crippen LogP) is 4.84. The molecule has 0 radical (unpaired) electrons. The molecule has 0 spiro atoms. The summed E-state index contributed by atoms with van der Waals surface area (Å²) in [7, 11) is 0. The van der Waals surface area contributed by atoms with Gasteiger partial charge in [-0.25, -0.2) is 4.98 Å². The second-order valence-corrected chi connectivity index (χ2v) is 7.01. The number of nitrogens with one attached hydrogen (secondary N) is 1. The van der Waals surface area contributed by atoms with Gasteiger partial charge in [-0.2, -0.15) is 0 Å². The molecule has 142 valence electrons. The lowest BCUT2D eigenvalue weighted by Gasteiger charge is -2.31. The second-order valence-electron chi connectivity index (χ2n) is 6.58. The van der Waals surface area contributed by atoms with Crippen LogP contribution in [0.2, 0.25) is 5.02 Å². The van der Waals surface area contributed by atoms with E-state index in [1.165, 1.54) is 11.3 Å². The Labute approximate surface area is 168 Å². The zero-order valence-corrected chi connectivity index (χ0v) is 16.0. The molecule has 0 saturated heterocycles. The van der Waals surface area contributed by atoms with E-state index in [2.05, 4.69) is 39.5 Å². The largest absolute Gasteiger partial charge is 0.484 e. The number of para-hydroxylation sites is 1. The summed E-state index contributed by atoms with van der Waals surface area (Å²) in [4.78, 5) is 18.7. The monoisotopic (exact) mass is 393 g/mol. The molecule has 1 N–H and O–H groups in total. The van der Waals surface area contributed by atoms with E-state index in [0.29, 0.717) is 16.6 Å². The molecule has 1 aromatic heterocycles. The van der Waals surface area contributed by atoms with Gasteiger partial charge in [-0.3, -0.25) is 4.79 Å². The molecule has 0 aliphatic carbocycles. The van der Waals surface area contributed by atoms with Gasteiger partial charge in [0.1, 0.15) is 11.6 Å². The van der Waals surface area contributed by atoms with E-state index in [0.717, 1.165) is 25.1 Å². The Morgan fingerprint density at radius 1 is 1.11 bits per heavy atom. The average molecular weight is 394 g/mol. The normalized spacial score (nSPS) is 13.0. The Bertz CT molecular complexity index is 958. The number of hydrogen-bond acceptors (Lipinski definition) is 4. The van der Waals surface area contributed by atoms with Crippen LogP contribution in [0.25, 0.3) is 0 Å². The highest BCUT2D eigenvalue weighted by molar-refractivity contribution is 6.30. The number of nitrogens with zero attached hydrogens (tertiary/aromatic N) is 2. The molecule has 6 heteroatoms. The van der Waals surface area contributed by atoms with Gasteiger partial charge in [0, 0.05) is 17.3 Å². The third kappa shape index (κ3) is 4.26. The second kappa shape index (κ2) is 8.31. The Balaban J connectivity index is 1.37. The minimum absolute atomic E-state index is 0.0927. The van der Waals surface area contributed by atoms with E-state index in [4.69, 9.17) is 16.3 Å². The lowest BCUT2D eigenvalue weighted by Crippen LogP contribution is -2.24. The van der Waals surface area contributed by atoms with Crippen molar-refractivity contribution in [2.24, 2.45) is 0 Å². The van der Waals surface area contributed by atoms with Crippen molar-refractivity contribution in [2.75, 3.05) is 23.4 Å². The summed E-state index contributed by atoms with van der Waals surface area (Å²) in [6.07, 6.45) is 4.00. The van der Waals surface area contributed by atoms with Crippen molar-refractivity contribution < 1.29 is 9.53 Å². The summed E-state index contributed by atoms with van der Waals surface area (Å²) in [6.45, 7) is 0.865. The van der Waals surface area contributed by atoms with E-state index in [1.807, 2.05) is 12.1 Å².